The van der Waals surface area contributed by atoms with Gasteiger partial charge < -0.3 is 14.4 Å². The van der Waals surface area contributed by atoms with Crippen molar-refractivity contribution in [2.45, 2.75) is 37.4 Å². The molecule has 1 heterocycles. The highest BCUT2D eigenvalue weighted by Gasteiger charge is 2.38. The van der Waals surface area contributed by atoms with E-state index in [0.29, 0.717) is 18.6 Å². The van der Waals surface area contributed by atoms with Crippen molar-refractivity contribution >= 4 is 43.5 Å². The van der Waals surface area contributed by atoms with Gasteiger partial charge in [-0.25, -0.2) is 8.42 Å². The molecule has 0 bridgehead atoms. The summed E-state index contributed by atoms with van der Waals surface area (Å²) >= 11 is 0. The minimum atomic E-state index is -5.06. The van der Waals surface area contributed by atoms with Crippen LogP contribution in [0.4, 0.5) is 13.2 Å². The van der Waals surface area contributed by atoms with Crippen LogP contribution >= 0.6 is 18.3 Å². The molecule has 1 aromatic heterocycles. The number of rotatable bonds is 5. The van der Waals surface area contributed by atoms with Crippen molar-refractivity contribution in [1.29, 1.82) is 0 Å². The van der Waals surface area contributed by atoms with Crippen LogP contribution in [0, 0.1) is 0 Å². The molecule has 150 valence electrons. The van der Waals surface area contributed by atoms with Crippen molar-refractivity contribution in [3.05, 3.63) is 34.1 Å². The zero-order valence-electron chi connectivity index (χ0n) is 13.9. The third kappa shape index (κ3) is 4.72. The first kappa shape index (κ1) is 21.9. The van der Waals surface area contributed by atoms with Crippen LogP contribution in [0.1, 0.15) is 25.8 Å². The molecule has 2 atom stereocenters. The van der Waals surface area contributed by atoms with Crippen molar-refractivity contribution in [3.63, 3.8) is 0 Å². The largest absolute Gasteiger partial charge is 0.417 e. The van der Waals surface area contributed by atoms with E-state index in [9.17, 15) is 35.8 Å². The molecule has 2 rings (SSSR count). The molecule has 0 aliphatic carbocycles. The van der Waals surface area contributed by atoms with Crippen molar-refractivity contribution in [2.75, 3.05) is 0 Å². The first-order chi connectivity index (χ1) is 12.2. The van der Waals surface area contributed by atoms with Gasteiger partial charge in [-0.05, 0) is 31.5 Å². The highest BCUT2D eigenvalue weighted by atomic mass is 35.7. The fourth-order valence-corrected chi connectivity index (χ4v) is 4.68. The zero-order valence-corrected chi connectivity index (χ0v) is 16.3. The van der Waals surface area contributed by atoms with E-state index in [1.807, 2.05) is 4.98 Å². The molecule has 0 radical (unpaired) electrons. The second-order valence-corrected chi connectivity index (χ2v) is 9.97. The first-order valence-corrected chi connectivity index (χ1v) is 11.3. The van der Waals surface area contributed by atoms with E-state index in [2.05, 4.69) is 0 Å². The molecule has 0 aliphatic rings. The Bertz CT molecular complexity index is 1100. The SMILES string of the molecule is CCC(C)OP(=O)(O)c1cc2cc(S(=O)(=O)Cl)c(C(F)(F)F)cc2[nH]c1=O. The van der Waals surface area contributed by atoms with E-state index in [-0.39, 0.29) is 10.9 Å². The number of aromatic amines is 1. The summed E-state index contributed by atoms with van der Waals surface area (Å²) in [4.78, 5) is 22.9. The van der Waals surface area contributed by atoms with Crippen LogP contribution in [0.25, 0.3) is 10.9 Å². The van der Waals surface area contributed by atoms with Gasteiger partial charge in [0.2, 0.25) is 0 Å². The van der Waals surface area contributed by atoms with Gasteiger partial charge in [-0.2, -0.15) is 13.2 Å². The average Bonchev–Trinajstić information content (AvgIpc) is 2.50. The third-order valence-corrected chi connectivity index (χ3v) is 6.64. The molecule has 2 N–H and O–H groups in total. The molecule has 0 saturated heterocycles. The molecule has 0 fully saturated rings. The maximum absolute atomic E-state index is 13.1. The fraction of sp³-hybridized carbons (Fsp3) is 0.357. The van der Waals surface area contributed by atoms with Crippen LogP contribution in [0.2, 0.25) is 0 Å². The van der Waals surface area contributed by atoms with Gasteiger partial charge in [0.25, 0.3) is 14.6 Å². The summed E-state index contributed by atoms with van der Waals surface area (Å²) < 4.78 is 79.8. The number of nitrogens with one attached hydrogen (secondary N) is 1. The number of benzene rings is 1. The summed E-state index contributed by atoms with van der Waals surface area (Å²) in [5, 5.41) is -0.966. The van der Waals surface area contributed by atoms with Gasteiger partial charge in [-0.1, -0.05) is 6.92 Å². The number of H-pyrrole nitrogens is 1. The summed E-state index contributed by atoms with van der Waals surface area (Å²) in [7, 11) is -4.31. The minimum absolute atomic E-state index is 0.237. The Morgan fingerprint density at radius 2 is 1.93 bits per heavy atom. The number of fused-ring (bicyclic) bond motifs is 1. The number of halogens is 4. The lowest BCUT2D eigenvalue weighted by molar-refractivity contribution is -0.139. The lowest BCUT2D eigenvalue weighted by Crippen LogP contribution is -2.29. The highest BCUT2D eigenvalue weighted by molar-refractivity contribution is 8.13. The molecule has 0 spiro atoms. The van der Waals surface area contributed by atoms with Crippen LogP contribution in [-0.2, 0) is 24.3 Å². The van der Waals surface area contributed by atoms with E-state index in [0.717, 1.165) is 6.07 Å². The number of aromatic nitrogens is 1. The summed E-state index contributed by atoms with van der Waals surface area (Å²) in [6.07, 6.45) is -5.38. The molecule has 0 amide bonds. The fourth-order valence-electron chi connectivity index (χ4n) is 2.23. The predicted molar refractivity (Wildman–Crippen MR) is 92.9 cm³/mol. The van der Waals surface area contributed by atoms with Crippen LogP contribution in [0.5, 0.6) is 0 Å². The number of hydrogen-bond acceptors (Lipinski definition) is 5. The van der Waals surface area contributed by atoms with Gasteiger partial charge in [0, 0.05) is 21.6 Å². The average molecular weight is 448 g/mol. The summed E-state index contributed by atoms with van der Waals surface area (Å²) in [6, 6.07) is 1.78. The van der Waals surface area contributed by atoms with E-state index < -0.39 is 50.2 Å². The normalized spacial score (nSPS) is 16.3. The Hall–Kier alpha value is -1.39. The van der Waals surface area contributed by atoms with E-state index >= 15 is 0 Å². The van der Waals surface area contributed by atoms with Crippen LogP contribution in [-0.4, -0.2) is 24.4 Å². The Morgan fingerprint density at radius 1 is 1.33 bits per heavy atom. The minimum Gasteiger partial charge on any atom is -0.321 e. The topological polar surface area (TPSA) is 114 Å². The lowest BCUT2D eigenvalue weighted by atomic mass is 10.1. The quantitative estimate of drug-likeness (QED) is 0.538. The van der Waals surface area contributed by atoms with Gasteiger partial charge >= 0.3 is 13.8 Å². The molecule has 27 heavy (non-hydrogen) atoms. The first-order valence-electron chi connectivity index (χ1n) is 7.41. The smallest absolute Gasteiger partial charge is 0.321 e. The molecular formula is C14H14ClF3NO6PS. The molecule has 0 saturated carbocycles. The van der Waals surface area contributed by atoms with Crippen molar-refractivity contribution in [3.8, 4) is 0 Å². The second kappa shape index (κ2) is 7.21. The summed E-state index contributed by atoms with van der Waals surface area (Å²) in [5.74, 6) is 0. The number of hydrogen-bond donors (Lipinski definition) is 2. The van der Waals surface area contributed by atoms with Crippen molar-refractivity contribution in [2.24, 2.45) is 0 Å². The van der Waals surface area contributed by atoms with Crippen LogP contribution in [0.15, 0.2) is 27.9 Å². The zero-order chi connectivity index (χ0) is 20.8. The Labute approximate surface area is 156 Å². The van der Waals surface area contributed by atoms with Crippen LogP contribution < -0.4 is 10.9 Å². The number of alkyl halides is 3. The van der Waals surface area contributed by atoms with Gasteiger partial charge in [-0.3, -0.25) is 9.36 Å². The molecule has 13 heteroatoms. The van der Waals surface area contributed by atoms with Crippen LogP contribution in [0.3, 0.4) is 0 Å². The molecular weight excluding hydrogens is 434 g/mol. The van der Waals surface area contributed by atoms with Crippen molar-refractivity contribution in [1.82, 2.24) is 4.98 Å². The summed E-state index contributed by atoms with van der Waals surface area (Å²) in [6.45, 7) is 3.16. The third-order valence-electron chi connectivity index (χ3n) is 3.70. The molecule has 0 aliphatic heterocycles. The maximum Gasteiger partial charge on any atom is 0.417 e. The number of pyridine rings is 1. The molecule has 2 unspecified atom stereocenters. The highest BCUT2D eigenvalue weighted by Crippen LogP contribution is 2.42. The standard InChI is InChI=1S/C14H14ClF3NO6PS/c1-3-7(2)25-26(21,22)11-4-8-5-12(27(15,23)24)9(14(16,17)18)6-10(8)19-13(11)20/h4-7H,3H2,1-2H3,(H,19,20)(H,21,22). The lowest BCUT2D eigenvalue weighted by Gasteiger charge is -2.17. The van der Waals surface area contributed by atoms with E-state index in [1.165, 1.54) is 6.92 Å². The van der Waals surface area contributed by atoms with E-state index in [1.54, 1.807) is 6.92 Å². The van der Waals surface area contributed by atoms with E-state index in [4.69, 9.17) is 15.2 Å². The van der Waals surface area contributed by atoms with Gasteiger partial charge in [0.1, 0.15) is 5.30 Å². The Kier molecular flexibility index (Phi) is 5.85. The monoisotopic (exact) mass is 447 g/mol. The molecule has 1 aromatic carbocycles. The van der Waals surface area contributed by atoms with Gasteiger partial charge in [-0.15, -0.1) is 0 Å². The molecule has 7 nitrogen and oxygen atoms in total. The molecule has 2 aromatic rings. The second-order valence-electron chi connectivity index (χ2n) is 5.70. The van der Waals surface area contributed by atoms with Gasteiger partial charge in [0.15, 0.2) is 0 Å². The van der Waals surface area contributed by atoms with Gasteiger partial charge in [0.05, 0.1) is 16.6 Å². The van der Waals surface area contributed by atoms with Crippen molar-refractivity contribution < 1.29 is 35.6 Å². The predicted octanol–water partition coefficient (Wildman–Crippen LogP) is 3.10. The summed E-state index contributed by atoms with van der Waals surface area (Å²) in [5.41, 5.74) is -3.09. The maximum atomic E-state index is 13.1. The Morgan fingerprint density at radius 3 is 2.41 bits per heavy atom. The Balaban J connectivity index is 2.80.